The Balaban J connectivity index is 1.35. The first-order valence-electron chi connectivity index (χ1n) is 11.3. The highest BCUT2D eigenvalue weighted by Crippen LogP contribution is 2.42. The van der Waals surface area contributed by atoms with Crippen molar-refractivity contribution in [2.75, 3.05) is 0 Å². The van der Waals surface area contributed by atoms with Gasteiger partial charge in [-0.3, -0.25) is 4.79 Å². The number of rotatable bonds is 6. The van der Waals surface area contributed by atoms with Crippen molar-refractivity contribution in [2.24, 2.45) is 0 Å². The van der Waals surface area contributed by atoms with E-state index in [0.29, 0.717) is 22.4 Å². The normalized spacial score (nSPS) is 18.7. The highest BCUT2D eigenvalue weighted by atomic mass is 19.4. The van der Waals surface area contributed by atoms with Crippen LogP contribution in [0.4, 0.5) is 13.2 Å². The Morgan fingerprint density at radius 1 is 1.12 bits per heavy atom. The van der Waals surface area contributed by atoms with E-state index >= 15 is 0 Å². The van der Waals surface area contributed by atoms with Gasteiger partial charge in [0.05, 0.1) is 23.0 Å². The first-order valence-corrected chi connectivity index (χ1v) is 11.3. The first kappa shape index (κ1) is 21.8. The van der Waals surface area contributed by atoms with E-state index in [-0.39, 0.29) is 24.9 Å². The summed E-state index contributed by atoms with van der Waals surface area (Å²) in [4.78, 5) is 15.7. The summed E-state index contributed by atoms with van der Waals surface area (Å²) < 4.78 is 49.0. The van der Waals surface area contributed by atoms with Crippen LogP contribution in [0.1, 0.15) is 72.9 Å². The molecule has 0 saturated heterocycles. The fourth-order valence-electron chi connectivity index (χ4n) is 5.28. The van der Waals surface area contributed by atoms with Crippen molar-refractivity contribution in [3.8, 4) is 5.75 Å². The standard InChI is InChI=1S/C25H25F3N2O3/c26-25(27,28)20-11-15(5-7-19(20)16-3-1-2-4-16)14-33-18-6-8-22-21(13-18)29-24-17(12-23(31)32)9-10-30(22)24/h5-8,11,13,16-17H,1-4,9-10,12,14H2,(H,31,32)/t17-/m1/s1. The van der Waals surface area contributed by atoms with Crippen molar-refractivity contribution in [1.82, 2.24) is 9.55 Å². The molecule has 3 aromatic rings. The molecule has 0 bridgehead atoms. The molecule has 1 atom stereocenters. The zero-order chi connectivity index (χ0) is 23.2. The van der Waals surface area contributed by atoms with Gasteiger partial charge in [0, 0.05) is 18.5 Å². The molecule has 0 spiro atoms. The molecule has 5 rings (SSSR count). The lowest BCUT2D eigenvalue weighted by Crippen LogP contribution is -2.12. The van der Waals surface area contributed by atoms with Gasteiger partial charge in [0.1, 0.15) is 18.2 Å². The number of nitrogens with zero attached hydrogens (tertiary/aromatic N) is 2. The second-order valence-corrected chi connectivity index (χ2v) is 9.05. The molecule has 1 aromatic heterocycles. The number of aryl methyl sites for hydroxylation is 1. The predicted octanol–water partition coefficient (Wildman–Crippen LogP) is 6.25. The van der Waals surface area contributed by atoms with Gasteiger partial charge in [-0.25, -0.2) is 4.98 Å². The summed E-state index contributed by atoms with van der Waals surface area (Å²) in [6.07, 6.45) is -0.0297. The lowest BCUT2D eigenvalue weighted by molar-refractivity contribution is -0.139. The molecule has 174 valence electrons. The average molecular weight is 458 g/mol. The average Bonchev–Trinajstić information content (AvgIpc) is 3.49. The number of halogens is 3. The van der Waals surface area contributed by atoms with Crippen molar-refractivity contribution in [1.29, 1.82) is 0 Å². The molecule has 2 heterocycles. The van der Waals surface area contributed by atoms with Gasteiger partial charge in [0.25, 0.3) is 0 Å². The van der Waals surface area contributed by atoms with E-state index in [1.807, 2.05) is 10.6 Å². The molecule has 1 aliphatic carbocycles. The molecule has 0 radical (unpaired) electrons. The fraction of sp³-hybridized carbons (Fsp3) is 0.440. The number of aromatic nitrogens is 2. The van der Waals surface area contributed by atoms with Crippen molar-refractivity contribution >= 4 is 17.0 Å². The van der Waals surface area contributed by atoms with Crippen molar-refractivity contribution in [3.63, 3.8) is 0 Å². The Morgan fingerprint density at radius 2 is 1.91 bits per heavy atom. The lowest BCUT2D eigenvalue weighted by atomic mass is 9.91. The smallest absolute Gasteiger partial charge is 0.416 e. The number of carbonyl (C=O) groups is 1. The zero-order valence-corrected chi connectivity index (χ0v) is 18.1. The number of carboxylic acid groups (broad SMARTS) is 1. The van der Waals surface area contributed by atoms with Crippen LogP contribution in [0.15, 0.2) is 36.4 Å². The minimum atomic E-state index is -4.39. The van der Waals surface area contributed by atoms with E-state index in [9.17, 15) is 18.0 Å². The Bertz CT molecular complexity index is 1200. The summed E-state index contributed by atoms with van der Waals surface area (Å²) >= 11 is 0. The number of benzene rings is 2. The summed E-state index contributed by atoms with van der Waals surface area (Å²) in [6, 6.07) is 9.96. The first-order chi connectivity index (χ1) is 15.8. The van der Waals surface area contributed by atoms with Crippen LogP contribution in [-0.4, -0.2) is 20.6 Å². The number of hydrogen-bond donors (Lipinski definition) is 1. The molecule has 2 aromatic carbocycles. The van der Waals surface area contributed by atoms with E-state index in [1.165, 1.54) is 6.07 Å². The van der Waals surface area contributed by atoms with Crippen LogP contribution in [0.25, 0.3) is 11.0 Å². The van der Waals surface area contributed by atoms with Gasteiger partial charge in [-0.15, -0.1) is 0 Å². The van der Waals surface area contributed by atoms with Crippen LogP contribution in [0, 0.1) is 0 Å². The van der Waals surface area contributed by atoms with Gasteiger partial charge in [-0.1, -0.05) is 25.0 Å². The van der Waals surface area contributed by atoms with Gasteiger partial charge in [0.2, 0.25) is 0 Å². The number of carboxylic acids is 1. The Morgan fingerprint density at radius 3 is 2.64 bits per heavy atom. The Kier molecular flexibility index (Phi) is 5.54. The Hall–Kier alpha value is -3.03. The third-order valence-corrected chi connectivity index (χ3v) is 6.86. The van der Waals surface area contributed by atoms with Crippen LogP contribution in [0.3, 0.4) is 0 Å². The summed E-state index contributed by atoms with van der Waals surface area (Å²) in [7, 11) is 0. The largest absolute Gasteiger partial charge is 0.489 e. The van der Waals surface area contributed by atoms with E-state index in [0.717, 1.165) is 50.0 Å². The maximum atomic E-state index is 13.7. The second-order valence-electron chi connectivity index (χ2n) is 9.05. The third kappa shape index (κ3) is 4.30. The molecule has 5 nitrogen and oxygen atoms in total. The van der Waals surface area contributed by atoms with E-state index in [4.69, 9.17) is 9.84 Å². The molecule has 1 saturated carbocycles. The van der Waals surface area contributed by atoms with E-state index in [1.54, 1.807) is 24.3 Å². The molecule has 0 amide bonds. The van der Waals surface area contributed by atoms with Crippen molar-refractivity contribution < 1.29 is 27.8 Å². The van der Waals surface area contributed by atoms with E-state index in [2.05, 4.69) is 4.98 Å². The predicted molar refractivity (Wildman–Crippen MR) is 116 cm³/mol. The minimum absolute atomic E-state index is 0.0215. The van der Waals surface area contributed by atoms with Gasteiger partial charge >= 0.3 is 12.1 Å². The zero-order valence-electron chi connectivity index (χ0n) is 18.1. The maximum Gasteiger partial charge on any atom is 0.416 e. The van der Waals surface area contributed by atoms with Crippen molar-refractivity contribution in [2.45, 2.75) is 69.7 Å². The molecule has 33 heavy (non-hydrogen) atoms. The molecule has 1 N–H and O–H groups in total. The number of ether oxygens (including phenoxy) is 1. The second kappa shape index (κ2) is 8.39. The van der Waals surface area contributed by atoms with Crippen LogP contribution >= 0.6 is 0 Å². The quantitative estimate of drug-likeness (QED) is 0.474. The van der Waals surface area contributed by atoms with Crippen LogP contribution < -0.4 is 4.74 Å². The number of hydrogen-bond acceptors (Lipinski definition) is 3. The van der Waals surface area contributed by atoms with Gasteiger partial charge in [0.15, 0.2) is 0 Å². The lowest BCUT2D eigenvalue weighted by Gasteiger charge is -2.19. The van der Waals surface area contributed by atoms with Crippen LogP contribution in [0.2, 0.25) is 0 Å². The molecule has 8 heteroatoms. The molecule has 0 unspecified atom stereocenters. The topological polar surface area (TPSA) is 64.3 Å². The molecular formula is C25H25F3N2O3. The SMILES string of the molecule is O=C(O)C[C@H]1CCn2c1nc1cc(OCc3ccc(C4CCCC4)c(C(F)(F)F)c3)ccc12. The van der Waals surface area contributed by atoms with Crippen LogP contribution in [0.5, 0.6) is 5.75 Å². The molecule has 2 aliphatic rings. The summed E-state index contributed by atoms with van der Waals surface area (Å²) in [5.74, 6) is 0.302. The summed E-state index contributed by atoms with van der Waals surface area (Å²) in [6.45, 7) is 0.742. The molecule has 1 fully saturated rings. The number of imidazole rings is 1. The monoisotopic (exact) mass is 458 g/mol. The van der Waals surface area contributed by atoms with Gasteiger partial charge < -0.3 is 14.4 Å². The third-order valence-electron chi connectivity index (χ3n) is 6.86. The highest BCUT2D eigenvalue weighted by molar-refractivity contribution is 5.78. The Labute approximate surface area is 189 Å². The number of fused-ring (bicyclic) bond motifs is 3. The highest BCUT2D eigenvalue weighted by Gasteiger charge is 2.36. The maximum absolute atomic E-state index is 13.7. The van der Waals surface area contributed by atoms with E-state index < -0.39 is 17.7 Å². The van der Waals surface area contributed by atoms with Gasteiger partial charge in [-0.2, -0.15) is 13.2 Å². The van der Waals surface area contributed by atoms with Crippen molar-refractivity contribution in [3.05, 3.63) is 58.9 Å². The minimum Gasteiger partial charge on any atom is -0.489 e. The number of aliphatic carboxylic acids is 1. The molecular weight excluding hydrogens is 433 g/mol. The summed E-state index contributed by atoms with van der Waals surface area (Å²) in [5, 5.41) is 9.12. The number of alkyl halides is 3. The molecule has 1 aliphatic heterocycles. The summed E-state index contributed by atoms with van der Waals surface area (Å²) in [5.41, 5.74) is 1.92. The van der Waals surface area contributed by atoms with Gasteiger partial charge in [-0.05, 0) is 54.5 Å². The van der Waals surface area contributed by atoms with Crippen LogP contribution in [-0.2, 0) is 24.1 Å². The fourth-order valence-corrected chi connectivity index (χ4v) is 5.28.